The first-order valence-electron chi connectivity index (χ1n) is 7.93. The second-order valence-electron chi connectivity index (χ2n) is 5.90. The zero-order chi connectivity index (χ0) is 16.1. The van der Waals surface area contributed by atoms with Crippen molar-refractivity contribution in [1.29, 1.82) is 0 Å². The summed E-state index contributed by atoms with van der Waals surface area (Å²) in [6.07, 6.45) is 2.95. The van der Waals surface area contributed by atoms with Crippen LogP contribution in [0.2, 0.25) is 0 Å². The van der Waals surface area contributed by atoms with Crippen molar-refractivity contribution in [2.24, 2.45) is 0 Å². The molecule has 1 fully saturated rings. The molecule has 1 aliphatic rings. The molecule has 1 aromatic carbocycles. The average Bonchev–Trinajstić information content (AvgIpc) is 3.24. The lowest BCUT2D eigenvalue weighted by Gasteiger charge is -2.17. The monoisotopic (exact) mass is 316 g/mol. The molecule has 2 heterocycles. The van der Waals surface area contributed by atoms with E-state index in [1.807, 2.05) is 12.1 Å². The van der Waals surface area contributed by atoms with Crippen LogP contribution in [0.25, 0.3) is 0 Å². The first kappa shape index (κ1) is 15.8. The van der Waals surface area contributed by atoms with E-state index in [0.717, 1.165) is 49.8 Å². The van der Waals surface area contributed by atoms with Crippen molar-refractivity contribution in [2.75, 3.05) is 27.3 Å². The Morgan fingerprint density at radius 3 is 2.70 bits per heavy atom. The van der Waals surface area contributed by atoms with E-state index >= 15 is 0 Å². The molecule has 1 aromatic heterocycles. The minimum atomic E-state index is 0.519. The Kier molecular flexibility index (Phi) is 5.15. The van der Waals surface area contributed by atoms with Gasteiger partial charge in [0, 0.05) is 50.2 Å². The maximum atomic E-state index is 5.34. The predicted molar refractivity (Wildman–Crippen MR) is 88.7 cm³/mol. The standard InChI is InChI=1S/C17H24N4O2/c1-22-16-7-13(8-17(9-16)23-2)11-21-6-4-15(12-21)18-10-14-3-5-19-20-14/h3,5,7-9,15,18H,4,6,10-12H2,1-2H3,(H,19,20). The Hall–Kier alpha value is -2.05. The van der Waals surface area contributed by atoms with Crippen LogP contribution in [-0.4, -0.2) is 48.4 Å². The Bertz CT molecular complexity index is 593. The van der Waals surface area contributed by atoms with Gasteiger partial charge in [-0.1, -0.05) is 0 Å². The van der Waals surface area contributed by atoms with E-state index in [1.165, 1.54) is 5.56 Å². The highest BCUT2D eigenvalue weighted by atomic mass is 16.5. The zero-order valence-corrected chi connectivity index (χ0v) is 13.7. The number of aromatic nitrogens is 2. The van der Waals surface area contributed by atoms with Crippen LogP contribution in [0.5, 0.6) is 11.5 Å². The fraction of sp³-hybridized carbons (Fsp3) is 0.471. The van der Waals surface area contributed by atoms with Crippen molar-refractivity contribution < 1.29 is 9.47 Å². The third-order valence-electron chi connectivity index (χ3n) is 4.23. The van der Waals surface area contributed by atoms with Crippen LogP contribution in [0, 0.1) is 0 Å². The summed E-state index contributed by atoms with van der Waals surface area (Å²) >= 11 is 0. The Balaban J connectivity index is 1.53. The summed E-state index contributed by atoms with van der Waals surface area (Å²) in [7, 11) is 3.37. The fourth-order valence-electron chi connectivity index (χ4n) is 3.00. The maximum Gasteiger partial charge on any atom is 0.122 e. The lowest BCUT2D eigenvalue weighted by Crippen LogP contribution is -2.32. The van der Waals surface area contributed by atoms with E-state index < -0.39 is 0 Å². The van der Waals surface area contributed by atoms with E-state index in [1.54, 1.807) is 20.4 Å². The number of benzene rings is 1. The number of methoxy groups -OCH3 is 2. The van der Waals surface area contributed by atoms with Gasteiger partial charge in [-0.15, -0.1) is 0 Å². The summed E-state index contributed by atoms with van der Waals surface area (Å²) in [6, 6.07) is 8.58. The molecule has 1 aliphatic heterocycles. The molecule has 0 aliphatic carbocycles. The SMILES string of the molecule is COc1cc(CN2CCC(NCc3ccn[nH]3)C2)cc(OC)c1. The van der Waals surface area contributed by atoms with E-state index in [4.69, 9.17) is 9.47 Å². The van der Waals surface area contributed by atoms with Crippen molar-refractivity contribution in [3.63, 3.8) is 0 Å². The molecular formula is C17H24N4O2. The molecule has 2 N–H and O–H groups in total. The molecule has 0 saturated carbocycles. The Morgan fingerprint density at radius 2 is 2.04 bits per heavy atom. The molecule has 6 nitrogen and oxygen atoms in total. The number of hydrogen-bond acceptors (Lipinski definition) is 5. The van der Waals surface area contributed by atoms with E-state index in [9.17, 15) is 0 Å². The number of ether oxygens (including phenoxy) is 2. The van der Waals surface area contributed by atoms with E-state index in [2.05, 4.69) is 32.5 Å². The number of hydrogen-bond donors (Lipinski definition) is 2. The van der Waals surface area contributed by atoms with Crippen molar-refractivity contribution >= 4 is 0 Å². The van der Waals surface area contributed by atoms with Crippen LogP contribution in [-0.2, 0) is 13.1 Å². The highest BCUT2D eigenvalue weighted by Crippen LogP contribution is 2.24. The molecule has 2 aromatic rings. The van der Waals surface area contributed by atoms with Gasteiger partial charge in [-0.05, 0) is 30.2 Å². The third kappa shape index (κ3) is 4.24. The minimum Gasteiger partial charge on any atom is -0.497 e. The minimum absolute atomic E-state index is 0.519. The molecule has 1 unspecified atom stereocenters. The summed E-state index contributed by atoms with van der Waals surface area (Å²) < 4.78 is 10.7. The van der Waals surface area contributed by atoms with Gasteiger partial charge in [-0.2, -0.15) is 5.10 Å². The Labute approximate surface area is 136 Å². The van der Waals surface area contributed by atoms with Crippen LogP contribution in [0.1, 0.15) is 17.7 Å². The summed E-state index contributed by atoms with van der Waals surface area (Å²) in [6.45, 7) is 3.90. The molecule has 23 heavy (non-hydrogen) atoms. The molecule has 1 atom stereocenters. The zero-order valence-electron chi connectivity index (χ0n) is 13.7. The number of H-pyrrole nitrogens is 1. The summed E-state index contributed by atoms with van der Waals surface area (Å²) in [5.41, 5.74) is 2.34. The van der Waals surface area contributed by atoms with Crippen molar-refractivity contribution in [3.8, 4) is 11.5 Å². The molecule has 6 heteroatoms. The fourth-order valence-corrected chi connectivity index (χ4v) is 3.00. The van der Waals surface area contributed by atoms with Gasteiger partial charge in [0.25, 0.3) is 0 Å². The van der Waals surface area contributed by atoms with Crippen LogP contribution >= 0.6 is 0 Å². The molecule has 0 bridgehead atoms. The molecule has 0 amide bonds. The quantitative estimate of drug-likeness (QED) is 0.815. The first-order valence-corrected chi connectivity index (χ1v) is 7.93. The van der Waals surface area contributed by atoms with Crippen LogP contribution in [0.4, 0.5) is 0 Å². The topological polar surface area (TPSA) is 62.4 Å². The van der Waals surface area contributed by atoms with Gasteiger partial charge >= 0.3 is 0 Å². The molecule has 0 spiro atoms. The second-order valence-corrected chi connectivity index (χ2v) is 5.90. The predicted octanol–water partition coefficient (Wildman–Crippen LogP) is 1.79. The molecule has 1 saturated heterocycles. The lowest BCUT2D eigenvalue weighted by molar-refractivity contribution is 0.317. The highest BCUT2D eigenvalue weighted by molar-refractivity contribution is 5.38. The number of rotatable bonds is 7. The number of likely N-dealkylation sites (tertiary alicyclic amines) is 1. The van der Waals surface area contributed by atoms with Crippen molar-refractivity contribution in [2.45, 2.75) is 25.6 Å². The summed E-state index contributed by atoms with van der Waals surface area (Å²) in [5.74, 6) is 1.68. The highest BCUT2D eigenvalue weighted by Gasteiger charge is 2.22. The van der Waals surface area contributed by atoms with Gasteiger partial charge in [0.05, 0.1) is 14.2 Å². The second kappa shape index (κ2) is 7.48. The van der Waals surface area contributed by atoms with Gasteiger partial charge in [0.2, 0.25) is 0 Å². The average molecular weight is 316 g/mol. The van der Waals surface area contributed by atoms with E-state index in [0.29, 0.717) is 6.04 Å². The summed E-state index contributed by atoms with van der Waals surface area (Å²) in [4.78, 5) is 2.46. The number of nitrogens with zero attached hydrogens (tertiary/aromatic N) is 2. The van der Waals surface area contributed by atoms with E-state index in [-0.39, 0.29) is 0 Å². The smallest absolute Gasteiger partial charge is 0.122 e. The lowest BCUT2D eigenvalue weighted by atomic mass is 10.2. The summed E-state index contributed by atoms with van der Waals surface area (Å²) in [5, 5.41) is 10.5. The van der Waals surface area contributed by atoms with Gasteiger partial charge < -0.3 is 14.8 Å². The maximum absolute atomic E-state index is 5.34. The molecule has 124 valence electrons. The number of nitrogens with one attached hydrogen (secondary N) is 2. The van der Waals surface area contributed by atoms with Crippen LogP contribution in [0.3, 0.4) is 0 Å². The molecule has 0 radical (unpaired) electrons. The third-order valence-corrected chi connectivity index (χ3v) is 4.23. The van der Waals surface area contributed by atoms with Gasteiger partial charge in [0.15, 0.2) is 0 Å². The number of aromatic amines is 1. The molecular weight excluding hydrogens is 292 g/mol. The normalized spacial score (nSPS) is 18.3. The van der Waals surface area contributed by atoms with Crippen molar-refractivity contribution in [3.05, 3.63) is 41.7 Å². The largest absolute Gasteiger partial charge is 0.497 e. The van der Waals surface area contributed by atoms with Crippen molar-refractivity contribution in [1.82, 2.24) is 20.4 Å². The van der Waals surface area contributed by atoms with Gasteiger partial charge in [-0.3, -0.25) is 10.00 Å². The molecule has 3 rings (SSSR count). The van der Waals surface area contributed by atoms with Gasteiger partial charge in [-0.25, -0.2) is 0 Å². The van der Waals surface area contributed by atoms with Crippen LogP contribution in [0.15, 0.2) is 30.5 Å². The first-order chi connectivity index (χ1) is 11.3. The Morgan fingerprint density at radius 1 is 1.26 bits per heavy atom. The van der Waals surface area contributed by atoms with Gasteiger partial charge in [0.1, 0.15) is 11.5 Å². The van der Waals surface area contributed by atoms with Crippen LogP contribution < -0.4 is 14.8 Å².